The van der Waals surface area contributed by atoms with Crippen LogP contribution in [0.5, 0.6) is 0 Å². The minimum atomic E-state index is -3.50. The number of nitrogens with one attached hydrogen (secondary N) is 1. The topological polar surface area (TPSA) is 72.2 Å². The quantitative estimate of drug-likeness (QED) is 0.792. The fraction of sp³-hybridized carbons (Fsp3) is 0.600. The fourth-order valence-electron chi connectivity index (χ4n) is 3.01. The van der Waals surface area contributed by atoms with Crippen LogP contribution in [0.3, 0.4) is 0 Å². The molecule has 2 unspecified atom stereocenters. The maximum atomic E-state index is 12.5. The summed E-state index contributed by atoms with van der Waals surface area (Å²) in [6, 6.07) is 3.26. The monoisotopic (exact) mass is 374 g/mol. The van der Waals surface area contributed by atoms with Crippen molar-refractivity contribution in [3.63, 3.8) is 0 Å². The van der Waals surface area contributed by atoms with Gasteiger partial charge in [0, 0.05) is 16.7 Å². The summed E-state index contributed by atoms with van der Waals surface area (Å²) in [5, 5.41) is 0. The number of nitrogen functional groups attached to an aromatic ring is 1. The molecular formula is C15H23BrN2O2S. The molecule has 0 radical (unpaired) electrons. The van der Waals surface area contributed by atoms with Crippen LogP contribution in [0, 0.1) is 18.8 Å². The molecule has 6 heteroatoms. The second kappa shape index (κ2) is 6.67. The number of nitrogens with two attached hydrogens (primary N) is 1. The lowest BCUT2D eigenvalue weighted by molar-refractivity contribution is 0.283. The third-order valence-electron chi connectivity index (χ3n) is 4.19. The van der Waals surface area contributed by atoms with Gasteiger partial charge >= 0.3 is 0 Å². The predicted octanol–water partition coefficient (Wildman–Crippen LogP) is 3.44. The van der Waals surface area contributed by atoms with E-state index in [-0.39, 0.29) is 4.90 Å². The molecule has 3 N–H and O–H groups in total. The molecule has 1 aliphatic rings. The van der Waals surface area contributed by atoms with Crippen molar-refractivity contribution in [1.82, 2.24) is 4.72 Å². The number of rotatable bonds is 4. The van der Waals surface area contributed by atoms with Gasteiger partial charge in [0.1, 0.15) is 0 Å². The molecule has 1 aromatic rings. The van der Waals surface area contributed by atoms with E-state index in [2.05, 4.69) is 27.6 Å². The Hall–Kier alpha value is -0.590. The van der Waals surface area contributed by atoms with Gasteiger partial charge in [-0.1, -0.05) is 19.8 Å². The van der Waals surface area contributed by atoms with Crippen LogP contribution in [0.15, 0.2) is 21.5 Å². The Kier molecular flexibility index (Phi) is 5.33. The number of anilines is 1. The second-order valence-corrected chi connectivity index (χ2v) is 8.72. The van der Waals surface area contributed by atoms with Gasteiger partial charge < -0.3 is 5.73 Å². The smallest absolute Gasteiger partial charge is 0.240 e. The Morgan fingerprint density at radius 3 is 2.76 bits per heavy atom. The van der Waals surface area contributed by atoms with Gasteiger partial charge in [-0.3, -0.25) is 0 Å². The van der Waals surface area contributed by atoms with Crippen molar-refractivity contribution in [3.8, 4) is 0 Å². The molecule has 1 fully saturated rings. The van der Waals surface area contributed by atoms with E-state index < -0.39 is 10.0 Å². The number of halogens is 1. The highest BCUT2D eigenvalue weighted by Gasteiger charge is 2.23. The minimum absolute atomic E-state index is 0.270. The standard InChI is InChI=1S/C15H23BrN2O2S/c1-10-4-3-5-12(6-10)9-18-21(19,20)15-8-14(17)13(16)7-11(15)2/h7-8,10,12,18H,3-6,9,17H2,1-2H3. The summed E-state index contributed by atoms with van der Waals surface area (Å²) in [4.78, 5) is 0.270. The summed E-state index contributed by atoms with van der Waals surface area (Å²) < 4.78 is 28.4. The zero-order chi connectivity index (χ0) is 15.6. The Morgan fingerprint density at radius 1 is 1.38 bits per heavy atom. The Morgan fingerprint density at radius 2 is 2.10 bits per heavy atom. The Bertz CT molecular complexity index is 616. The zero-order valence-corrected chi connectivity index (χ0v) is 14.9. The number of hydrogen-bond acceptors (Lipinski definition) is 3. The Balaban J connectivity index is 2.10. The van der Waals surface area contributed by atoms with Gasteiger partial charge in [0.25, 0.3) is 0 Å². The van der Waals surface area contributed by atoms with E-state index in [0.29, 0.717) is 29.6 Å². The van der Waals surface area contributed by atoms with Gasteiger partial charge in [-0.15, -0.1) is 0 Å². The van der Waals surface area contributed by atoms with Crippen molar-refractivity contribution in [2.24, 2.45) is 11.8 Å². The second-order valence-electron chi connectivity index (χ2n) is 6.13. The molecule has 0 aliphatic heterocycles. The average molecular weight is 375 g/mol. The van der Waals surface area contributed by atoms with Crippen LogP contribution < -0.4 is 10.5 Å². The third-order valence-corrected chi connectivity index (χ3v) is 6.44. The number of hydrogen-bond donors (Lipinski definition) is 2. The molecule has 2 rings (SSSR count). The molecule has 2 atom stereocenters. The largest absolute Gasteiger partial charge is 0.398 e. The highest BCUT2D eigenvalue weighted by atomic mass is 79.9. The molecule has 0 amide bonds. The SMILES string of the molecule is Cc1cc(Br)c(N)cc1S(=O)(=O)NCC1CCCC(C)C1. The van der Waals surface area contributed by atoms with Crippen LogP contribution in [-0.4, -0.2) is 15.0 Å². The van der Waals surface area contributed by atoms with E-state index >= 15 is 0 Å². The maximum absolute atomic E-state index is 12.5. The maximum Gasteiger partial charge on any atom is 0.240 e. The molecule has 0 aromatic heterocycles. The van der Waals surface area contributed by atoms with Crippen LogP contribution in [-0.2, 0) is 10.0 Å². The van der Waals surface area contributed by atoms with Gasteiger partial charge in [0.15, 0.2) is 0 Å². The van der Waals surface area contributed by atoms with Crippen LogP contribution in [0.25, 0.3) is 0 Å². The van der Waals surface area contributed by atoms with E-state index in [1.165, 1.54) is 18.9 Å². The van der Waals surface area contributed by atoms with Crippen molar-refractivity contribution < 1.29 is 8.42 Å². The van der Waals surface area contributed by atoms with Crippen molar-refractivity contribution in [3.05, 3.63) is 22.2 Å². The fourth-order valence-corrected chi connectivity index (χ4v) is 4.84. The first kappa shape index (κ1) is 16.8. The van der Waals surface area contributed by atoms with E-state index in [1.807, 2.05) is 0 Å². The van der Waals surface area contributed by atoms with Crippen molar-refractivity contribution in [2.75, 3.05) is 12.3 Å². The molecule has 21 heavy (non-hydrogen) atoms. The average Bonchev–Trinajstić information content (AvgIpc) is 2.41. The number of benzene rings is 1. The predicted molar refractivity (Wildman–Crippen MR) is 89.6 cm³/mol. The molecule has 1 saturated carbocycles. The molecule has 4 nitrogen and oxygen atoms in total. The highest BCUT2D eigenvalue weighted by Crippen LogP contribution is 2.29. The van der Waals surface area contributed by atoms with Gasteiger partial charge in [-0.25, -0.2) is 13.1 Å². The van der Waals surface area contributed by atoms with Gasteiger partial charge in [-0.2, -0.15) is 0 Å². The molecular weight excluding hydrogens is 352 g/mol. The van der Waals surface area contributed by atoms with Crippen LogP contribution >= 0.6 is 15.9 Å². The lowest BCUT2D eigenvalue weighted by atomic mass is 9.83. The lowest BCUT2D eigenvalue weighted by Gasteiger charge is -2.26. The first-order valence-electron chi connectivity index (χ1n) is 7.35. The molecule has 1 aliphatic carbocycles. The molecule has 0 heterocycles. The van der Waals surface area contributed by atoms with Crippen LogP contribution in [0.2, 0.25) is 0 Å². The molecule has 1 aromatic carbocycles. The normalized spacial score (nSPS) is 23.2. The first-order valence-corrected chi connectivity index (χ1v) is 9.62. The molecule has 0 bridgehead atoms. The molecule has 0 spiro atoms. The molecule has 118 valence electrons. The summed E-state index contributed by atoms with van der Waals surface area (Å²) >= 11 is 3.31. The zero-order valence-electron chi connectivity index (χ0n) is 12.5. The van der Waals surface area contributed by atoms with Gasteiger partial charge in [0.05, 0.1) is 4.90 Å². The van der Waals surface area contributed by atoms with E-state index in [4.69, 9.17) is 5.73 Å². The van der Waals surface area contributed by atoms with Crippen molar-refractivity contribution in [2.45, 2.75) is 44.4 Å². The summed E-state index contributed by atoms with van der Waals surface area (Å²) in [6.45, 7) is 4.53. The number of sulfonamides is 1. The Labute approximate surface area is 135 Å². The van der Waals surface area contributed by atoms with Gasteiger partial charge in [0.2, 0.25) is 10.0 Å². The van der Waals surface area contributed by atoms with Crippen molar-refractivity contribution in [1.29, 1.82) is 0 Å². The van der Waals surface area contributed by atoms with E-state index in [0.717, 1.165) is 17.3 Å². The molecule has 0 saturated heterocycles. The lowest BCUT2D eigenvalue weighted by Crippen LogP contribution is -2.32. The van der Waals surface area contributed by atoms with Gasteiger partial charge in [-0.05, 0) is 65.2 Å². The van der Waals surface area contributed by atoms with Crippen LogP contribution in [0.1, 0.15) is 38.2 Å². The third kappa shape index (κ3) is 4.20. The van der Waals surface area contributed by atoms with Crippen molar-refractivity contribution >= 4 is 31.6 Å². The highest BCUT2D eigenvalue weighted by molar-refractivity contribution is 9.10. The summed E-state index contributed by atoms with van der Waals surface area (Å²) in [7, 11) is -3.50. The summed E-state index contributed by atoms with van der Waals surface area (Å²) in [6.07, 6.45) is 4.65. The van der Waals surface area contributed by atoms with E-state index in [9.17, 15) is 8.42 Å². The summed E-state index contributed by atoms with van der Waals surface area (Å²) in [5.41, 5.74) is 6.94. The minimum Gasteiger partial charge on any atom is -0.398 e. The summed E-state index contributed by atoms with van der Waals surface area (Å²) in [5.74, 6) is 1.13. The van der Waals surface area contributed by atoms with Crippen LogP contribution in [0.4, 0.5) is 5.69 Å². The number of aryl methyl sites for hydroxylation is 1. The van der Waals surface area contributed by atoms with E-state index in [1.54, 1.807) is 13.0 Å². The first-order chi connectivity index (χ1) is 9.79.